The molecule has 5 heteroatoms. The minimum Gasteiger partial charge on any atom is -0.495 e. The van der Waals surface area contributed by atoms with E-state index in [-0.39, 0.29) is 24.2 Å². The fourth-order valence-electron chi connectivity index (χ4n) is 3.25. The maximum atomic E-state index is 12.5. The van der Waals surface area contributed by atoms with Crippen molar-refractivity contribution >= 4 is 17.5 Å². The Morgan fingerprint density at radius 3 is 2.73 bits per heavy atom. The Hall–Kier alpha value is -2.82. The second kappa shape index (κ2) is 8.04. The lowest BCUT2D eigenvalue weighted by Crippen LogP contribution is -2.34. The second-order valence-corrected chi connectivity index (χ2v) is 6.61. The molecule has 1 aliphatic heterocycles. The van der Waals surface area contributed by atoms with Crippen LogP contribution in [0.5, 0.6) is 5.75 Å². The quantitative estimate of drug-likeness (QED) is 0.870. The zero-order valence-corrected chi connectivity index (χ0v) is 15.2. The first kappa shape index (κ1) is 18.0. The molecule has 1 fully saturated rings. The van der Waals surface area contributed by atoms with Crippen molar-refractivity contribution in [2.24, 2.45) is 5.92 Å². The molecule has 0 aromatic heterocycles. The Morgan fingerprint density at radius 1 is 1.23 bits per heavy atom. The van der Waals surface area contributed by atoms with E-state index in [0.717, 1.165) is 17.7 Å². The molecular weight excluding hydrogens is 328 g/mol. The topological polar surface area (TPSA) is 58.6 Å². The van der Waals surface area contributed by atoms with Gasteiger partial charge in [-0.05, 0) is 36.6 Å². The maximum Gasteiger partial charge on any atom is 0.227 e. The molecule has 0 saturated carbocycles. The van der Waals surface area contributed by atoms with Crippen molar-refractivity contribution < 1.29 is 14.3 Å². The van der Waals surface area contributed by atoms with Crippen molar-refractivity contribution in [3.8, 4) is 5.75 Å². The van der Waals surface area contributed by atoms with Crippen molar-refractivity contribution in [3.05, 3.63) is 59.7 Å². The van der Waals surface area contributed by atoms with Gasteiger partial charge in [0.05, 0.1) is 18.7 Å². The standard InChI is InChI=1S/C21H24N2O3/c1-15-8-9-19(26-2)18(12-15)23-14-17(13-20(23)24)21(25)22-11-10-16-6-4-3-5-7-16/h3-9,12,17H,10-11,13-14H2,1-2H3,(H,22,25)/t17-/m1/s1. The van der Waals surface area contributed by atoms with Gasteiger partial charge in [-0.2, -0.15) is 0 Å². The largest absolute Gasteiger partial charge is 0.495 e. The minimum atomic E-state index is -0.330. The number of anilines is 1. The number of carbonyl (C=O) groups excluding carboxylic acids is 2. The summed E-state index contributed by atoms with van der Waals surface area (Å²) in [6, 6.07) is 15.7. The van der Waals surface area contributed by atoms with Crippen molar-refractivity contribution in [1.82, 2.24) is 5.32 Å². The second-order valence-electron chi connectivity index (χ2n) is 6.61. The average molecular weight is 352 g/mol. The highest BCUT2D eigenvalue weighted by atomic mass is 16.5. The summed E-state index contributed by atoms with van der Waals surface area (Å²) in [5.74, 6) is 0.207. The highest BCUT2D eigenvalue weighted by Gasteiger charge is 2.36. The van der Waals surface area contributed by atoms with Crippen LogP contribution in [0.2, 0.25) is 0 Å². The van der Waals surface area contributed by atoms with E-state index in [4.69, 9.17) is 4.74 Å². The van der Waals surface area contributed by atoms with Gasteiger partial charge in [0, 0.05) is 19.5 Å². The third-order valence-electron chi connectivity index (χ3n) is 4.68. The van der Waals surface area contributed by atoms with E-state index in [1.807, 2.05) is 55.5 Å². The molecule has 2 aromatic rings. The SMILES string of the molecule is COc1ccc(C)cc1N1C[C@H](C(=O)NCCc2ccccc2)CC1=O. The molecule has 3 rings (SSSR count). The average Bonchev–Trinajstić information content (AvgIpc) is 3.04. The van der Waals surface area contributed by atoms with Crippen molar-refractivity contribution in [2.45, 2.75) is 19.8 Å². The van der Waals surface area contributed by atoms with E-state index in [1.54, 1.807) is 12.0 Å². The molecule has 0 spiro atoms. The maximum absolute atomic E-state index is 12.5. The summed E-state index contributed by atoms with van der Waals surface area (Å²) in [7, 11) is 1.59. The Bertz CT molecular complexity index is 789. The first-order chi connectivity index (χ1) is 12.6. The van der Waals surface area contributed by atoms with Crippen LogP contribution < -0.4 is 15.0 Å². The van der Waals surface area contributed by atoms with E-state index in [0.29, 0.717) is 18.8 Å². The predicted octanol–water partition coefficient (Wildman–Crippen LogP) is 2.72. The van der Waals surface area contributed by atoms with Gasteiger partial charge < -0.3 is 15.0 Å². The number of amides is 2. The fourth-order valence-corrected chi connectivity index (χ4v) is 3.25. The van der Waals surface area contributed by atoms with Crippen LogP contribution in [-0.4, -0.2) is 32.0 Å². The summed E-state index contributed by atoms with van der Waals surface area (Å²) in [6.45, 7) is 2.92. The number of rotatable bonds is 6. The van der Waals surface area contributed by atoms with Crippen LogP contribution in [-0.2, 0) is 16.0 Å². The first-order valence-corrected chi connectivity index (χ1v) is 8.85. The van der Waals surface area contributed by atoms with Gasteiger partial charge in [-0.15, -0.1) is 0 Å². The molecule has 2 aromatic carbocycles. The molecular formula is C21H24N2O3. The number of benzene rings is 2. The fraction of sp³-hybridized carbons (Fsp3) is 0.333. The Labute approximate surface area is 154 Å². The van der Waals surface area contributed by atoms with Gasteiger partial charge in [-0.25, -0.2) is 0 Å². The van der Waals surface area contributed by atoms with E-state index >= 15 is 0 Å². The number of hydrogen-bond donors (Lipinski definition) is 1. The van der Waals surface area contributed by atoms with E-state index in [1.165, 1.54) is 5.56 Å². The van der Waals surface area contributed by atoms with Crippen LogP contribution in [0, 0.1) is 12.8 Å². The summed E-state index contributed by atoms with van der Waals surface area (Å²) in [6.07, 6.45) is 1.01. The van der Waals surface area contributed by atoms with Crippen molar-refractivity contribution in [3.63, 3.8) is 0 Å². The zero-order chi connectivity index (χ0) is 18.5. The molecule has 1 atom stereocenters. The van der Waals surface area contributed by atoms with E-state index < -0.39 is 0 Å². The van der Waals surface area contributed by atoms with Gasteiger partial charge in [0.2, 0.25) is 11.8 Å². The van der Waals surface area contributed by atoms with Gasteiger partial charge in [-0.1, -0.05) is 36.4 Å². The number of nitrogens with one attached hydrogen (secondary N) is 1. The number of carbonyl (C=O) groups is 2. The van der Waals surface area contributed by atoms with E-state index in [2.05, 4.69) is 5.32 Å². The highest BCUT2D eigenvalue weighted by Crippen LogP contribution is 2.33. The summed E-state index contributed by atoms with van der Waals surface area (Å²) < 4.78 is 5.38. The van der Waals surface area contributed by atoms with Gasteiger partial charge in [0.15, 0.2) is 0 Å². The molecule has 0 unspecified atom stereocenters. The number of methoxy groups -OCH3 is 1. The minimum absolute atomic E-state index is 0.0443. The molecule has 5 nitrogen and oxygen atoms in total. The molecule has 1 saturated heterocycles. The molecule has 136 valence electrons. The molecule has 26 heavy (non-hydrogen) atoms. The van der Waals surface area contributed by atoms with Crippen molar-refractivity contribution in [1.29, 1.82) is 0 Å². The van der Waals surface area contributed by atoms with Gasteiger partial charge in [0.25, 0.3) is 0 Å². The first-order valence-electron chi connectivity index (χ1n) is 8.85. The smallest absolute Gasteiger partial charge is 0.227 e. The molecule has 0 radical (unpaired) electrons. The van der Waals surface area contributed by atoms with Crippen LogP contribution in [0.25, 0.3) is 0 Å². The lowest BCUT2D eigenvalue weighted by molar-refractivity contribution is -0.126. The number of nitrogens with zero attached hydrogens (tertiary/aromatic N) is 1. The summed E-state index contributed by atoms with van der Waals surface area (Å²) in [5, 5.41) is 2.96. The zero-order valence-electron chi connectivity index (χ0n) is 15.2. The molecule has 0 aliphatic carbocycles. The van der Waals surface area contributed by atoms with Crippen molar-refractivity contribution in [2.75, 3.05) is 25.1 Å². The number of aryl methyl sites for hydroxylation is 1. The van der Waals surface area contributed by atoms with E-state index in [9.17, 15) is 9.59 Å². The lowest BCUT2D eigenvalue weighted by atomic mass is 10.1. The van der Waals surface area contributed by atoms with Crippen LogP contribution in [0.15, 0.2) is 48.5 Å². The Kier molecular flexibility index (Phi) is 5.56. The molecule has 0 bridgehead atoms. The predicted molar refractivity (Wildman–Crippen MR) is 101 cm³/mol. The Morgan fingerprint density at radius 2 is 2.00 bits per heavy atom. The molecule has 1 heterocycles. The van der Waals surface area contributed by atoms with Crippen LogP contribution in [0.4, 0.5) is 5.69 Å². The highest BCUT2D eigenvalue weighted by molar-refractivity contribution is 6.01. The third-order valence-corrected chi connectivity index (χ3v) is 4.68. The van der Waals surface area contributed by atoms with Gasteiger partial charge in [0.1, 0.15) is 5.75 Å². The monoisotopic (exact) mass is 352 g/mol. The molecule has 1 N–H and O–H groups in total. The molecule has 2 amide bonds. The summed E-state index contributed by atoms with van der Waals surface area (Å²) in [4.78, 5) is 26.6. The van der Waals surface area contributed by atoms with Crippen LogP contribution >= 0.6 is 0 Å². The number of ether oxygens (including phenoxy) is 1. The third kappa shape index (κ3) is 4.04. The summed E-state index contributed by atoms with van der Waals surface area (Å²) >= 11 is 0. The number of hydrogen-bond acceptors (Lipinski definition) is 3. The van der Waals surface area contributed by atoms with Crippen LogP contribution in [0.3, 0.4) is 0 Å². The lowest BCUT2D eigenvalue weighted by Gasteiger charge is -2.20. The summed E-state index contributed by atoms with van der Waals surface area (Å²) in [5.41, 5.74) is 2.96. The normalized spacial score (nSPS) is 16.6. The van der Waals surface area contributed by atoms with Crippen LogP contribution in [0.1, 0.15) is 17.5 Å². The molecule has 1 aliphatic rings. The van der Waals surface area contributed by atoms with Gasteiger partial charge in [-0.3, -0.25) is 9.59 Å². The van der Waals surface area contributed by atoms with Gasteiger partial charge >= 0.3 is 0 Å². The Balaban J connectivity index is 1.60.